The maximum absolute atomic E-state index is 6.25. The Kier molecular flexibility index (Phi) is 4.82. The molecule has 2 aromatic rings. The maximum Gasteiger partial charge on any atom is 0.122 e. The maximum atomic E-state index is 6.25. The highest BCUT2D eigenvalue weighted by Gasteiger charge is 2.12. The molecule has 1 unspecified atom stereocenters. The van der Waals surface area contributed by atoms with Gasteiger partial charge in [0, 0.05) is 24.5 Å². The zero-order chi connectivity index (χ0) is 14.5. The number of nitrogens with two attached hydrogens (primary N) is 1. The second-order valence-corrected chi connectivity index (χ2v) is 4.83. The molecule has 0 aliphatic carbocycles. The molecule has 0 bridgehead atoms. The van der Waals surface area contributed by atoms with Gasteiger partial charge >= 0.3 is 0 Å². The summed E-state index contributed by atoms with van der Waals surface area (Å²) in [5.74, 6) is 1.44. The summed E-state index contributed by atoms with van der Waals surface area (Å²) in [6.45, 7) is 0. The first kappa shape index (κ1) is 14.6. The second kappa shape index (κ2) is 6.59. The normalized spacial score (nSPS) is 12.0. The van der Waals surface area contributed by atoms with Crippen LogP contribution in [0.15, 0.2) is 36.7 Å². The van der Waals surface area contributed by atoms with Gasteiger partial charge in [-0.1, -0.05) is 11.6 Å². The van der Waals surface area contributed by atoms with E-state index in [0.29, 0.717) is 11.4 Å². The summed E-state index contributed by atoms with van der Waals surface area (Å²) in [7, 11) is 3.23. The molecule has 1 heterocycles. The third-order valence-electron chi connectivity index (χ3n) is 3.10. The summed E-state index contributed by atoms with van der Waals surface area (Å²) in [6, 6.07) is 7.30. The molecular weight excluding hydrogens is 276 g/mol. The quantitative estimate of drug-likeness (QED) is 0.920. The molecule has 0 saturated heterocycles. The zero-order valence-electron chi connectivity index (χ0n) is 11.5. The number of benzene rings is 1. The van der Waals surface area contributed by atoms with E-state index in [0.717, 1.165) is 22.6 Å². The highest BCUT2D eigenvalue weighted by molar-refractivity contribution is 6.31. The SMILES string of the molecule is COc1cc(OC)cc(C(N)Cc2ccncc2Cl)c1. The van der Waals surface area contributed by atoms with E-state index in [1.165, 1.54) is 0 Å². The fraction of sp³-hybridized carbons (Fsp3) is 0.267. The molecule has 2 N–H and O–H groups in total. The minimum atomic E-state index is -0.195. The molecule has 1 aromatic carbocycles. The van der Waals surface area contributed by atoms with Gasteiger partial charge in [0.15, 0.2) is 0 Å². The Morgan fingerprint density at radius 3 is 2.40 bits per heavy atom. The largest absolute Gasteiger partial charge is 0.497 e. The van der Waals surface area contributed by atoms with Crippen LogP contribution >= 0.6 is 11.6 Å². The van der Waals surface area contributed by atoms with E-state index < -0.39 is 0 Å². The molecule has 0 fully saturated rings. The van der Waals surface area contributed by atoms with Crippen LogP contribution in [0.25, 0.3) is 0 Å². The second-order valence-electron chi connectivity index (χ2n) is 4.42. The van der Waals surface area contributed by atoms with Crippen molar-refractivity contribution in [3.63, 3.8) is 0 Å². The fourth-order valence-electron chi connectivity index (χ4n) is 1.97. The lowest BCUT2D eigenvalue weighted by Gasteiger charge is -2.15. The summed E-state index contributed by atoms with van der Waals surface area (Å²) < 4.78 is 10.5. The van der Waals surface area contributed by atoms with Gasteiger partial charge in [-0.15, -0.1) is 0 Å². The van der Waals surface area contributed by atoms with E-state index in [-0.39, 0.29) is 6.04 Å². The zero-order valence-corrected chi connectivity index (χ0v) is 12.2. The molecule has 1 atom stereocenters. The van der Waals surface area contributed by atoms with Crippen molar-refractivity contribution in [3.8, 4) is 11.5 Å². The number of methoxy groups -OCH3 is 2. The van der Waals surface area contributed by atoms with Crippen molar-refractivity contribution in [1.29, 1.82) is 0 Å². The van der Waals surface area contributed by atoms with Gasteiger partial charge in [-0.3, -0.25) is 4.98 Å². The lowest BCUT2D eigenvalue weighted by Crippen LogP contribution is -2.14. The number of aromatic nitrogens is 1. The number of hydrogen-bond acceptors (Lipinski definition) is 4. The molecule has 20 heavy (non-hydrogen) atoms. The number of nitrogens with zero attached hydrogens (tertiary/aromatic N) is 1. The van der Waals surface area contributed by atoms with Crippen LogP contribution in [0.5, 0.6) is 11.5 Å². The van der Waals surface area contributed by atoms with Gasteiger partial charge in [0.2, 0.25) is 0 Å². The molecule has 0 saturated carbocycles. The molecule has 2 rings (SSSR count). The lowest BCUT2D eigenvalue weighted by atomic mass is 10.00. The first-order valence-corrected chi connectivity index (χ1v) is 6.58. The van der Waals surface area contributed by atoms with Gasteiger partial charge in [0.1, 0.15) is 11.5 Å². The van der Waals surface area contributed by atoms with Crippen molar-refractivity contribution >= 4 is 11.6 Å². The molecule has 0 aliphatic heterocycles. The number of ether oxygens (including phenoxy) is 2. The third-order valence-corrected chi connectivity index (χ3v) is 3.44. The average molecular weight is 293 g/mol. The molecule has 5 heteroatoms. The summed E-state index contributed by atoms with van der Waals surface area (Å²) in [4.78, 5) is 3.97. The Balaban J connectivity index is 2.24. The summed E-state index contributed by atoms with van der Waals surface area (Å²) in [5, 5.41) is 0.623. The first-order chi connectivity index (χ1) is 9.63. The first-order valence-electron chi connectivity index (χ1n) is 6.21. The van der Waals surface area contributed by atoms with Crippen LogP contribution in [0.2, 0.25) is 5.02 Å². The van der Waals surface area contributed by atoms with Crippen LogP contribution in [-0.4, -0.2) is 19.2 Å². The Labute approximate surface area is 123 Å². The third kappa shape index (κ3) is 3.40. The Morgan fingerprint density at radius 1 is 1.20 bits per heavy atom. The molecule has 0 aliphatic rings. The van der Waals surface area contributed by atoms with Crippen molar-refractivity contribution in [1.82, 2.24) is 4.98 Å². The van der Waals surface area contributed by atoms with Gasteiger partial charge in [-0.25, -0.2) is 0 Å². The van der Waals surface area contributed by atoms with Crippen LogP contribution in [0.3, 0.4) is 0 Å². The average Bonchev–Trinajstić information content (AvgIpc) is 2.48. The Bertz CT molecular complexity index is 568. The lowest BCUT2D eigenvalue weighted by molar-refractivity contribution is 0.392. The van der Waals surface area contributed by atoms with Crippen molar-refractivity contribution in [3.05, 3.63) is 52.8 Å². The van der Waals surface area contributed by atoms with Gasteiger partial charge < -0.3 is 15.2 Å². The standard InChI is InChI=1S/C15H17ClN2O2/c1-19-12-5-11(6-13(8-12)20-2)15(17)7-10-3-4-18-9-14(10)16/h3-6,8-9,15H,7,17H2,1-2H3. The Hall–Kier alpha value is -1.78. The van der Waals surface area contributed by atoms with Crippen molar-refractivity contribution < 1.29 is 9.47 Å². The van der Waals surface area contributed by atoms with E-state index in [2.05, 4.69) is 4.98 Å². The van der Waals surface area contributed by atoms with Crippen molar-refractivity contribution in [2.75, 3.05) is 14.2 Å². The van der Waals surface area contributed by atoms with Crippen molar-refractivity contribution in [2.24, 2.45) is 5.73 Å². The molecule has 1 aromatic heterocycles. The van der Waals surface area contributed by atoms with Gasteiger partial charge in [0.05, 0.1) is 19.2 Å². The van der Waals surface area contributed by atoms with Gasteiger partial charge in [-0.2, -0.15) is 0 Å². The van der Waals surface area contributed by atoms with Crippen LogP contribution < -0.4 is 15.2 Å². The summed E-state index contributed by atoms with van der Waals surface area (Å²) in [6.07, 6.45) is 3.95. The monoisotopic (exact) mass is 292 g/mol. The number of halogens is 1. The minimum Gasteiger partial charge on any atom is -0.497 e. The van der Waals surface area contributed by atoms with E-state index in [1.54, 1.807) is 26.6 Å². The summed E-state index contributed by atoms with van der Waals surface area (Å²) >= 11 is 6.11. The molecule has 0 radical (unpaired) electrons. The predicted molar refractivity (Wildman–Crippen MR) is 79.4 cm³/mol. The predicted octanol–water partition coefficient (Wildman–Crippen LogP) is 2.99. The molecule has 0 amide bonds. The van der Waals surface area contributed by atoms with Crippen LogP contribution in [0, 0.1) is 0 Å². The Morgan fingerprint density at radius 2 is 1.85 bits per heavy atom. The fourth-order valence-corrected chi connectivity index (χ4v) is 2.16. The van der Waals surface area contributed by atoms with E-state index in [1.807, 2.05) is 24.3 Å². The highest BCUT2D eigenvalue weighted by Crippen LogP contribution is 2.28. The topological polar surface area (TPSA) is 57.4 Å². The van der Waals surface area contributed by atoms with E-state index in [4.69, 9.17) is 26.8 Å². The van der Waals surface area contributed by atoms with Gasteiger partial charge in [0.25, 0.3) is 0 Å². The number of pyridine rings is 1. The van der Waals surface area contributed by atoms with E-state index >= 15 is 0 Å². The number of rotatable bonds is 5. The van der Waals surface area contributed by atoms with E-state index in [9.17, 15) is 0 Å². The van der Waals surface area contributed by atoms with Gasteiger partial charge in [-0.05, 0) is 35.7 Å². The smallest absolute Gasteiger partial charge is 0.122 e. The minimum absolute atomic E-state index is 0.195. The molecular formula is C15H17ClN2O2. The van der Waals surface area contributed by atoms with Crippen molar-refractivity contribution in [2.45, 2.75) is 12.5 Å². The molecule has 106 valence electrons. The number of hydrogen-bond donors (Lipinski definition) is 1. The highest BCUT2D eigenvalue weighted by atomic mass is 35.5. The molecule has 4 nitrogen and oxygen atoms in total. The molecule has 0 spiro atoms. The van der Waals surface area contributed by atoms with Crippen LogP contribution in [-0.2, 0) is 6.42 Å². The summed E-state index contributed by atoms with van der Waals surface area (Å²) in [5.41, 5.74) is 8.16. The van der Waals surface area contributed by atoms with Crippen LogP contribution in [0.4, 0.5) is 0 Å². The van der Waals surface area contributed by atoms with Crippen LogP contribution in [0.1, 0.15) is 17.2 Å².